The van der Waals surface area contributed by atoms with Gasteiger partial charge in [-0.05, 0) is 12.8 Å². The summed E-state index contributed by atoms with van der Waals surface area (Å²) in [5.41, 5.74) is 0. The fraction of sp³-hybridized carbons (Fsp3) is 0.778. The highest BCUT2D eigenvalue weighted by molar-refractivity contribution is 5.72. The summed E-state index contributed by atoms with van der Waals surface area (Å²) >= 11 is 0. The van der Waals surface area contributed by atoms with E-state index in [1.54, 1.807) is 0 Å². The molecule has 4 nitrogen and oxygen atoms in total. The molecule has 0 saturated carbocycles. The van der Waals surface area contributed by atoms with Gasteiger partial charge in [-0.1, -0.05) is 12.8 Å². The number of hydrogen-bond donors (Lipinski definition) is 2. The minimum absolute atomic E-state index is 0.0302. The average molecular weight is 186 g/mol. The van der Waals surface area contributed by atoms with Crippen molar-refractivity contribution in [2.24, 2.45) is 0 Å². The van der Waals surface area contributed by atoms with Crippen LogP contribution >= 0.6 is 0 Å². The summed E-state index contributed by atoms with van der Waals surface area (Å²) in [6.07, 6.45) is 4.94. The maximum Gasteiger partial charge on any atom is 0.216 e. The van der Waals surface area contributed by atoms with Gasteiger partial charge in [-0.25, -0.2) is 0 Å². The number of unbranched alkanes of at least 4 members (excludes halogenated alkanes) is 3. The molecule has 0 spiro atoms. The lowest BCUT2D eigenvalue weighted by atomic mass is 10.2. The van der Waals surface area contributed by atoms with Gasteiger partial charge in [-0.15, -0.1) is 0 Å². The molecular formula is C9H18N2O2. The molecule has 0 unspecified atom stereocenters. The molecule has 0 aliphatic heterocycles. The van der Waals surface area contributed by atoms with Crippen LogP contribution in [0.25, 0.3) is 0 Å². The number of amides is 2. The van der Waals surface area contributed by atoms with Crippen LogP contribution in [0.15, 0.2) is 0 Å². The third-order valence-electron chi connectivity index (χ3n) is 1.71. The van der Waals surface area contributed by atoms with Crippen molar-refractivity contribution in [1.29, 1.82) is 0 Å². The monoisotopic (exact) mass is 186 g/mol. The van der Waals surface area contributed by atoms with Crippen molar-refractivity contribution >= 4 is 12.3 Å². The van der Waals surface area contributed by atoms with Crippen molar-refractivity contribution in [2.45, 2.75) is 32.6 Å². The molecule has 0 heterocycles. The Morgan fingerprint density at radius 1 is 1.15 bits per heavy atom. The Labute approximate surface area is 79.1 Å². The van der Waals surface area contributed by atoms with Crippen LogP contribution in [0.3, 0.4) is 0 Å². The molecule has 0 aliphatic rings. The van der Waals surface area contributed by atoms with Gasteiger partial charge < -0.3 is 10.6 Å². The van der Waals surface area contributed by atoms with E-state index in [0.29, 0.717) is 0 Å². The zero-order chi connectivity index (χ0) is 9.94. The molecule has 0 aromatic heterocycles. The van der Waals surface area contributed by atoms with Gasteiger partial charge in [0.15, 0.2) is 0 Å². The van der Waals surface area contributed by atoms with Gasteiger partial charge in [0.1, 0.15) is 0 Å². The van der Waals surface area contributed by atoms with Gasteiger partial charge in [-0.3, -0.25) is 9.59 Å². The zero-order valence-electron chi connectivity index (χ0n) is 8.14. The number of hydrogen-bond acceptors (Lipinski definition) is 2. The molecule has 76 valence electrons. The van der Waals surface area contributed by atoms with Crippen LogP contribution in [0, 0.1) is 0 Å². The lowest BCUT2D eigenvalue weighted by molar-refractivity contribution is -0.119. The smallest absolute Gasteiger partial charge is 0.216 e. The third kappa shape index (κ3) is 10.9. The summed E-state index contributed by atoms with van der Waals surface area (Å²) in [6.45, 7) is 3.04. The second-order valence-corrected chi connectivity index (χ2v) is 2.97. The maximum atomic E-state index is 10.5. The molecule has 0 bridgehead atoms. The number of carbonyl (C=O) groups is 2. The molecule has 0 radical (unpaired) electrons. The summed E-state index contributed by atoms with van der Waals surface area (Å²) in [5.74, 6) is 0.0302. The quantitative estimate of drug-likeness (QED) is 0.426. The topological polar surface area (TPSA) is 58.2 Å². The standard InChI is InChI=1S/C9H18N2O2/c1-9(13)11-7-5-3-2-4-6-10-8-12/h8H,2-7H2,1H3,(H,10,12)(H,11,13). The van der Waals surface area contributed by atoms with Crippen molar-refractivity contribution < 1.29 is 9.59 Å². The first kappa shape index (κ1) is 11.9. The molecule has 0 aromatic rings. The van der Waals surface area contributed by atoms with Crippen LogP contribution in [0.2, 0.25) is 0 Å². The number of nitrogens with one attached hydrogen (secondary N) is 2. The van der Waals surface area contributed by atoms with Gasteiger partial charge >= 0.3 is 0 Å². The average Bonchev–Trinajstić information content (AvgIpc) is 2.09. The number of rotatable bonds is 8. The lowest BCUT2D eigenvalue weighted by Gasteiger charge is -2.01. The molecule has 0 saturated heterocycles. The van der Waals surface area contributed by atoms with Gasteiger partial charge in [0, 0.05) is 20.0 Å². The lowest BCUT2D eigenvalue weighted by Crippen LogP contribution is -2.20. The van der Waals surface area contributed by atoms with E-state index in [1.165, 1.54) is 6.92 Å². The fourth-order valence-electron chi connectivity index (χ4n) is 1.03. The Balaban J connectivity index is 2.91. The van der Waals surface area contributed by atoms with E-state index in [0.717, 1.165) is 45.2 Å². The Morgan fingerprint density at radius 2 is 1.77 bits per heavy atom. The van der Waals surface area contributed by atoms with Crippen molar-refractivity contribution in [3.05, 3.63) is 0 Å². The SMILES string of the molecule is CC(=O)NCCCCCCNC=O. The molecular weight excluding hydrogens is 168 g/mol. The van der Waals surface area contributed by atoms with E-state index >= 15 is 0 Å². The van der Waals surface area contributed by atoms with Crippen LogP contribution < -0.4 is 10.6 Å². The van der Waals surface area contributed by atoms with E-state index in [-0.39, 0.29) is 5.91 Å². The molecule has 4 heteroatoms. The normalized spacial score (nSPS) is 9.31. The summed E-state index contributed by atoms with van der Waals surface area (Å²) in [4.78, 5) is 20.3. The van der Waals surface area contributed by atoms with E-state index < -0.39 is 0 Å². The molecule has 0 aliphatic carbocycles. The Bertz CT molecular complexity index is 149. The van der Waals surface area contributed by atoms with E-state index in [1.807, 2.05) is 0 Å². The molecule has 2 amide bonds. The Kier molecular flexibility index (Phi) is 8.30. The van der Waals surface area contributed by atoms with Gasteiger partial charge in [0.25, 0.3) is 0 Å². The van der Waals surface area contributed by atoms with Gasteiger partial charge in [-0.2, -0.15) is 0 Å². The largest absolute Gasteiger partial charge is 0.359 e. The highest BCUT2D eigenvalue weighted by Crippen LogP contribution is 1.97. The minimum atomic E-state index is 0.0302. The fourth-order valence-corrected chi connectivity index (χ4v) is 1.03. The van der Waals surface area contributed by atoms with E-state index in [9.17, 15) is 9.59 Å². The number of carbonyl (C=O) groups excluding carboxylic acids is 2. The highest BCUT2D eigenvalue weighted by Gasteiger charge is 1.91. The molecule has 0 aromatic carbocycles. The first-order valence-electron chi connectivity index (χ1n) is 4.69. The van der Waals surface area contributed by atoms with Crippen LogP contribution in [-0.4, -0.2) is 25.4 Å². The van der Waals surface area contributed by atoms with Crippen molar-refractivity contribution in [1.82, 2.24) is 10.6 Å². The Hall–Kier alpha value is -1.06. The molecule has 13 heavy (non-hydrogen) atoms. The Morgan fingerprint density at radius 3 is 2.31 bits per heavy atom. The minimum Gasteiger partial charge on any atom is -0.359 e. The van der Waals surface area contributed by atoms with Gasteiger partial charge in [0.2, 0.25) is 12.3 Å². The summed E-state index contributed by atoms with van der Waals surface area (Å²) in [6, 6.07) is 0. The van der Waals surface area contributed by atoms with Crippen molar-refractivity contribution in [3.63, 3.8) is 0 Å². The van der Waals surface area contributed by atoms with Crippen molar-refractivity contribution in [3.8, 4) is 0 Å². The summed E-state index contributed by atoms with van der Waals surface area (Å²) in [5, 5.41) is 5.34. The first-order valence-corrected chi connectivity index (χ1v) is 4.69. The van der Waals surface area contributed by atoms with E-state index in [2.05, 4.69) is 10.6 Å². The molecule has 2 N–H and O–H groups in total. The van der Waals surface area contributed by atoms with Crippen LogP contribution in [0.4, 0.5) is 0 Å². The summed E-state index contributed by atoms with van der Waals surface area (Å²) < 4.78 is 0. The second-order valence-electron chi connectivity index (χ2n) is 2.97. The highest BCUT2D eigenvalue weighted by atomic mass is 16.1. The van der Waals surface area contributed by atoms with Crippen LogP contribution in [0.5, 0.6) is 0 Å². The summed E-state index contributed by atoms with van der Waals surface area (Å²) in [7, 11) is 0. The molecule has 0 fully saturated rings. The predicted octanol–water partition coefficient (Wildman–Crippen LogP) is 0.429. The zero-order valence-corrected chi connectivity index (χ0v) is 8.14. The van der Waals surface area contributed by atoms with Crippen LogP contribution in [-0.2, 0) is 9.59 Å². The molecule has 0 atom stereocenters. The van der Waals surface area contributed by atoms with Gasteiger partial charge in [0.05, 0.1) is 0 Å². The van der Waals surface area contributed by atoms with Crippen molar-refractivity contribution in [2.75, 3.05) is 13.1 Å². The van der Waals surface area contributed by atoms with Crippen LogP contribution in [0.1, 0.15) is 32.6 Å². The predicted molar refractivity (Wildman–Crippen MR) is 51.2 cm³/mol. The second kappa shape index (κ2) is 9.03. The van der Waals surface area contributed by atoms with E-state index in [4.69, 9.17) is 0 Å². The molecule has 0 rings (SSSR count). The third-order valence-corrected chi connectivity index (χ3v) is 1.71. The maximum absolute atomic E-state index is 10.5. The first-order chi connectivity index (χ1) is 6.27.